The van der Waals surface area contributed by atoms with E-state index in [1.54, 1.807) is 0 Å². The summed E-state index contributed by atoms with van der Waals surface area (Å²) in [5.41, 5.74) is 6.21. The van der Waals surface area contributed by atoms with Gasteiger partial charge in [-0.3, -0.25) is 0 Å². The van der Waals surface area contributed by atoms with Gasteiger partial charge in [-0.25, -0.2) is 9.37 Å². The monoisotopic (exact) mass is 630 g/mol. The maximum Gasteiger partial charge on any atom is 0.352 e. The van der Waals surface area contributed by atoms with Crippen LogP contribution < -0.4 is 9.74 Å². The number of hydrogen-bond donors (Lipinski definition) is 2. The Morgan fingerprint density at radius 2 is 1.40 bits per heavy atom. The van der Waals surface area contributed by atoms with Crippen LogP contribution in [0.2, 0.25) is 0 Å². The van der Waals surface area contributed by atoms with Crippen LogP contribution in [-0.2, 0) is 15.6 Å². The number of benzene rings is 4. The summed E-state index contributed by atoms with van der Waals surface area (Å²) in [6.45, 7) is 9.30. The molecule has 2 aliphatic rings. The lowest BCUT2D eigenvalue weighted by Crippen LogP contribution is -2.45. The van der Waals surface area contributed by atoms with Crippen molar-refractivity contribution in [2.45, 2.75) is 76.7 Å². The summed E-state index contributed by atoms with van der Waals surface area (Å²) in [5.74, 6) is -1.21. The lowest BCUT2D eigenvalue weighted by molar-refractivity contribution is -0.404. The van der Waals surface area contributed by atoms with E-state index < -0.39 is 5.97 Å². The van der Waals surface area contributed by atoms with Crippen LogP contribution in [0.3, 0.4) is 0 Å². The SMILES string of the molecule is C[N+]1=C(CCCCCC2N(CC(=O)On3c(O)ccc3O)c3ccc4ccccc4c3C2(C)C)C(C)(C)c2c1ccc1ccccc21. The van der Waals surface area contributed by atoms with Gasteiger partial charge in [-0.1, -0.05) is 81.3 Å². The first-order valence-corrected chi connectivity index (χ1v) is 16.7. The summed E-state index contributed by atoms with van der Waals surface area (Å²) in [4.78, 5) is 20.9. The van der Waals surface area contributed by atoms with E-state index >= 15 is 0 Å². The molecule has 4 aromatic carbocycles. The molecule has 0 amide bonds. The third-order valence-electron chi connectivity index (χ3n) is 10.8. The maximum atomic E-state index is 13.3. The van der Waals surface area contributed by atoms with Gasteiger partial charge in [0.1, 0.15) is 13.6 Å². The van der Waals surface area contributed by atoms with E-state index in [0.717, 1.165) is 42.5 Å². The summed E-state index contributed by atoms with van der Waals surface area (Å²) >= 11 is 0. The van der Waals surface area contributed by atoms with Crippen LogP contribution >= 0.6 is 0 Å². The molecule has 7 heteroatoms. The molecule has 242 valence electrons. The van der Waals surface area contributed by atoms with E-state index in [-0.39, 0.29) is 35.2 Å². The number of rotatable bonds is 9. The summed E-state index contributed by atoms with van der Waals surface area (Å²) in [7, 11) is 2.21. The highest BCUT2D eigenvalue weighted by molar-refractivity contribution is 6.02. The Balaban J connectivity index is 1.08. The molecule has 5 aromatic rings. The van der Waals surface area contributed by atoms with Gasteiger partial charge in [-0.05, 0) is 65.9 Å². The predicted octanol–water partition coefficient (Wildman–Crippen LogP) is 7.98. The van der Waals surface area contributed by atoms with E-state index in [4.69, 9.17) is 4.84 Å². The standard InChI is InChI=1S/C40H43N3O4/c1-39(2)32(41(5)30-21-19-26-13-9-11-15-28(26)37(30)39)17-7-6-8-18-33-40(3,4)38-29-16-12-10-14-27(29)20-22-31(38)42(33)25-36(46)47-43-34(44)23-24-35(43)45/h9-16,19-24,33H,6-8,17-18,25H2,1-5H3,(H-,44,45)/p+1. The highest BCUT2D eigenvalue weighted by atomic mass is 16.7. The highest BCUT2D eigenvalue weighted by Crippen LogP contribution is 2.50. The molecular weight excluding hydrogens is 586 g/mol. The number of aromatic nitrogens is 1. The number of carbonyl (C=O) groups excluding carboxylic acids is 1. The Bertz CT molecular complexity index is 2030. The molecule has 2 aliphatic heterocycles. The molecule has 0 saturated heterocycles. The number of unbranched alkanes of at least 4 members (excludes halogenated alkanes) is 2. The van der Waals surface area contributed by atoms with Crippen LogP contribution in [-0.4, -0.2) is 50.8 Å². The molecule has 1 atom stereocenters. The zero-order chi connectivity index (χ0) is 33.1. The molecule has 7 rings (SSSR count). The molecule has 0 aliphatic carbocycles. The van der Waals surface area contributed by atoms with Crippen LogP contribution in [0.25, 0.3) is 21.5 Å². The summed E-state index contributed by atoms with van der Waals surface area (Å²) < 4.78 is 3.18. The fraction of sp³-hybridized carbons (Fsp3) is 0.350. The van der Waals surface area contributed by atoms with E-state index in [1.165, 1.54) is 56.2 Å². The molecule has 2 N–H and O–H groups in total. The van der Waals surface area contributed by atoms with Crippen LogP contribution in [0.5, 0.6) is 11.8 Å². The van der Waals surface area contributed by atoms with Crippen LogP contribution in [0.4, 0.5) is 11.4 Å². The number of hydrogen-bond acceptors (Lipinski definition) is 5. The molecule has 1 unspecified atom stereocenters. The molecule has 0 radical (unpaired) electrons. The van der Waals surface area contributed by atoms with Gasteiger partial charge in [0.25, 0.3) is 0 Å². The topological polar surface area (TPSA) is 77.9 Å². The van der Waals surface area contributed by atoms with Gasteiger partial charge in [-0.15, -0.1) is 4.73 Å². The molecule has 47 heavy (non-hydrogen) atoms. The maximum absolute atomic E-state index is 13.3. The average molecular weight is 631 g/mol. The van der Waals surface area contributed by atoms with Gasteiger partial charge in [0.15, 0.2) is 5.71 Å². The van der Waals surface area contributed by atoms with Crippen molar-refractivity contribution in [1.29, 1.82) is 0 Å². The molecule has 0 saturated carbocycles. The average Bonchev–Trinajstić information content (AvgIpc) is 3.56. The number of nitrogens with zero attached hydrogens (tertiary/aromatic N) is 3. The van der Waals surface area contributed by atoms with Crippen molar-refractivity contribution >= 4 is 44.6 Å². The minimum absolute atomic E-state index is 0.000375. The summed E-state index contributed by atoms with van der Waals surface area (Å²) in [5, 5.41) is 25.1. The van der Waals surface area contributed by atoms with Gasteiger partial charge in [0.2, 0.25) is 17.4 Å². The third-order valence-corrected chi connectivity index (χ3v) is 10.8. The zero-order valence-electron chi connectivity index (χ0n) is 28.0. The fourth-order valence-electron chi connectivity index (χ4n) is 8.57. The highest BCUT2D eigenvalue weighted by Gasteiger charge is 2.47. The van der Waals surface area contributed by atoms with E-state index in [2.05, 4.69) is 117 Å². The molecule has 1 aromatic heterocycles. The second kappa shape index (κ2) is 11.5. The van der Waals surface area contributed by atoms with Crippen LogP contribution in [0, 0.1) is 0 Å². The van der Waals surface area contributed by atoms with E-state index in [1.807, 2.05) is 0 Å². The Labute approximate surface area is 276 Å². The third kappa shape index (κ3) is 5.03. The minimum Gasteiger partial charge on any atom is -0.492 e. The summed E-state index contributed by atoms with van der Waals surface area (Å²) in [6, 6.07) is 28.5. The van der Waals surface area contributed by atoms with Crippen LogP contribution in [0.15, 0.2) is 84.9 Å². The first-order chi connectivity index (χ1) is 22.5. The summed E-state index contributed by atoms with van der Waals surface area (Å²) in [6.07, 6.45) is 5.15. The Morgan fingerprint density at radius 3 is 2.09 bits per heavy atom. The first-order valence-electron chi connectivity index (χ1n) is 16.7. The number of fused-ring (bicyclic) bond motifs is 6. The van der Waals surface area contributed by atoms with Gasteiger partial charge < -0.3 is 20.0 Å². The quantitative estimate of drug-likeness (QED) is 0.128. The molecule has 7 nitrogen and oxygen atoms in total. The normalized spacial score (nSPS) is 17.8. The predicted molar refractivity (Wildman–Crippen MR) is 188 cm³/mol. The van der Waals surface area contributed by atoms with E-state index in [0.29, 0.717) is 0 Å². The van der Waals surface area contributed by atoms with Gasteiger partial charge in [0, 0.05) is 47.3 Å². The molecule has 0 fully saturated rings. The smallest absolute Gasteiger partial charge is 0.352 e. The largest absolute Gasteiger partial charge is 0.492 e. The Morgan fingerprint density at radius 1 is 0.787 bits per heavy atom. The first kappa shape index (κ1) is 30.9. The van der Waals surface area contributed by atoms with Crippen LogP contribution in [0.1, 0.15) is 70.9 Å². The fourth-order valence-corrected chi connectivity index (χ4v) is 8.57. The van der Waals surface area contributed by atoms with E-state index in [9.17, 15) is 15.0 Å². The molecular formula is C40H44N3O4+. The van der Waals surface area contributed by atoms with Crippen molar-refractivity contribution < 1.29 is 24.4 Å². The number of anilines is 1. The van der Waals surface area contributed by atoms with Gasteiger partial charge in [-0.2, -0.15) is 0 Å². The molecule has 0 bridgehead atoms. The van der Waals surface area contributed by atoms with Crippen molar-refractivity contribution in [1.82, 2.24) is 4.73 Å². The Hall–Kier alpha value is -4.78. The lowest BCUT2D eigenvalue weighted by Gasteiger charge is -2.34. The van der Waals surface area contributed by atoms with Gasteiger partial charge in [0.05, 0.1) is 5.41 Å². The van der Waals surface area contributed by atoms with Crippen molar-refractivity contribution in [3.8, 4) is 11.8 Å². The lowest BCUT2D eigenvalue weighted by atomic mass is 9.76. The van der Waals surface area contributed by atoms with Crippen molar-refractivity contribution in [3.63, 3.8) is 0 Å². The number of carbonyl (C=O) groups is 1. The van der Waals surface area contributed by atoms with Crippen molar-refractivity contribution in [2.24, 2.45) is 0 Å². The molecule has 3 heterocycles. The van der Waals surface area contributed by atoms with Crippen molar-refractivity contribution in [3.05, 3.63) is 96.1 Å². The second-order valence-corrected chi connectivity index (χ2v) is 14.3. The minimum atomic E-state index is -0.552. The van der Waals surface area contributed by atoms with Crippen molar-refractivity contribution in [2.75, 3.05) is 18.5 Å². The molecule has 0 spiro atoms. The second-order valence-electron chi connectivity index (χ2n) is 14.3. The zero-order valence-corrected chi connectivity index (χ0v) is 28.0. The van der Waals surface area contributed by atoms with Gasteiger partial charge >= 0.3 is 5.97 Å². The number of aromatic hydroxyl groups is 2. The Kier molecular flexibility index (Phi) is 7.53.